The Morgan fingerprint density at radius 3 is 2.64 bits per heavy atom. The number of hydrogen-bond acceptors (Lipinski definition) is 6. The molecule has 0 saturated heterocycles. The van der Waals surface area contributed by atoms with Gasteiger partial charge in [0.25, 0.3) is 11.5 Å². The van der Waals surface area contributed by atoms with Crippen LogP contribution in [0.2, 0.25) is 5.15 Å². The Morgan fingerprint density at radius 2 is 1.92 bits per heavy atom. The van der Waals surface area contributed by atoms with Gasteiger partial charge < -0.3 is 5.32 Å². The fourth-order valence-electron chi connectivity index (χ4n) is 3.98. The SMILES string of the molecule is CSNC(=O)c1nc(Cl)ccc1NC(C)c1cc(C)cc2c(=O)n(C)c(-c3cccc(F)c3F)nc12. The topological polar surface area (TPSA) is 88.9 Å². The molecule has 0 fully saturated rings. The molecule has 2 aromatic heterocycles. The van der Waals surface area contributed by atoms with E-state index in [0.717, 1.165) is 23.6 Å². The molecular weight excluding hydrogens is 508 g/mol. The van der Waals surface area contributed by atoms with Crippen molar-refractivity contribution >= 4 is 46.0 Å². The predicted molar refractivity (Wildman–Crippen MR) is 139 cm³/mol. The highest BCUT2D eigenvalue weighted by Gasteiger charge is 2.22. The van der Waals surface area contributed by atoms with Crippen LogP contribution in [0.1, 0.15) is 34.6 Å². The Balaban J connectivity index is 1.88. The summed E-state index contributed by atoms with van der Waals surface area (Å²) in [6, 6.07) is 10.0. The minimum atomic E-state index is -1.09. The summed E-state index contributed by atoms with van der Waals surface area (Å²) in [6.07, 6.45) is 1.71. The van der Waals surface area contributed by atoms with Gasteiger partial charge in [-0.1, -0.05) is 35.7 Å². The molecule has 0 spiro atoms. The second-order valence-electron chi connectivity index (χ2n) is 8.18. The van der Waals surface area contributed by atoms with Gasteiger partial charge in [-0.2, -0.15) is 0 Å². The molecule has 0 saturated carbocycles. The van der Waals surface area contributed by atoms with Crippen molar-refractivity contribution in [1.29, 1.82) is 0 Å². The van der Waals surface area contributed by atoms with Crippen molar-refractivity contribution in [3.05, 3.63) is 86.4 Å². The molecule has 1 atom stereocenters. The predicted octanol–water partition coefficient (Wildman–Crippen LogP) is 5.42. The number of nitrogens with zero attached hydrogens (tertiary/aromatic N) is 3. The van der Waals surface area contributed by atoms with Crippen LogP contribution < -0.4 is 15.6 Å². The van der Waals surface area contributed by atoms with Crippen molar-refractivity contribution in [3.8, 4) is 11.4 Å². The van der Waals surface area contributed by atoms with E-state index in [-0.39, 0.29) is 22.2 Å². The molecule has 4 aromatic rings. The summed E-state index contributed by atoms with van der Waals surface area (Å²) in [6.45, 7) is 3.68. The summed E-state index contributed by atoms with van der Waals surface area (Å²) in [4.78, 5) is 34.5. The van der Waals surface area contributed by atoms with E-state index in [4.69, 9.17) is 11.6 Å². The number of benzene rings is 2. The number of aromatic nitrogens is 3. The Morgan fingerprint density at radius 1 is 1.17 bits per heavy atom. The number of carbonyl (C=O) groups is 1. The number of hydrogen-bond donors (Lipinski definition) is 2. The molecule has 2 N–H and O–H groups in total. The zero-order chi connectivity index (χ0) is 26.1. The standard InChI is InChI=1S/C25H22ClF2N5O2S/c1-12-10-15(13(2)29-18-8-9-19(26)30-22(18)24(34)32-36-4)21-16(11-12)25(35)33(3)23(31-21)14-6-5-7-17(27)20(14)28/h5-11,13,29H,1-4H3,(H,32,34). The largest absolute Gasteiger partial charge is 0.377 e. The average Bonchev–Trinajstić information content (AvgIpc) is 2.84. The number of rotatable bonds is 6. The van der Waals surface area contributed by atoms with Gasteiger partial charge in [0.05, 0.1) is 28.2 Å². The molecule has 1 unspecified atom stereocenters. The summed E-state index contributed by atoms with van der Waals surface area (Å²) < 4.78 is 32.4. The summed E-state index contributed by atoms with van der Waals surface area (Å²) in [7, 11) is 1.47. The average molecular weight is 530 g/mol. The monoisotopic (exact) mass is 529 g/mol. The van der Waals surface area contributed by atoms with Gasteiger partial charge in [-0.3, -0.25) is 18.9 Å². The maximum atomic E-state index is 14.6. The molecule has 7 nitrogen and oxygen atoms in total. The first kappa shape index (κ1) is 25.6. The maximum absolute atomic E-state index is 14.6. The zero-order valence-corrected chi connectivity index (χ0v) is 21.4. The van der Waals surface area contributed by atoms with Gasteiger partial charge in [0.1, 0.15) is 11.0 Å². The van der Waals surface area contributed by atoms with Crippen LogP contribution in [0.25, 0.3) is 22.3 Å². The van der Waals surface area contributed by atoms with Crippen LogP contribution in [0.3, 0.4) is 0 Å². The number of amides is 1. The van der Waals surface area contributed by atoms with Gasteiger partial charge in [-0.15, -0.1) is 0 Å². The lowest BCUT2D eigenvalue weighted by atomic mass is 10.0. The molecular formula is C25H22ClF2N5O2S. The molecule has 0 radical (unpaired) electrons. The fourth-order valence-corrected chi connectivity index (χ4v) is 4.41. The molecule has 0 aliphatic rings. The van der Waals surface area contributed by atoms with E-state index in [2.05, 4.69) is 20.0 Å². The van der Waals surface area contributed by atoms with Crippen molar-refractivity contribution < 1.29 is 13.6 Å². The highest BCUT2D eigenvalue weighted by molar-refractivity contribution is 7.97. The van der Waals surface area contributed by atoms with E-state index in [9.17, 15) is 18.4 Å². The molecule has 0 bridgehead atoms. The van der Waals surface area contributed by atoms with E-state index in [0.29, 0.717) is 22.2 Å². The van der Waals surface area contributed by atoms with Gasteiger partial charge in [0, 0.05) is 18.9 Å². The Hall–Kier alpha value is -3.50. The van der Waals surface area contributed by atoms with Crippen molar-refractivity contribution in [2.45, 2.75) is 19.9 Å². The summed E-state index contributed by atoms with van der Waals surface area (Å²) in [5.41, 5.74) is 1.78. The van der Waals surface area contributed by atoms with Crippen molar-refractivity contribution in [3.63, 3.8) is 0 Å². The maximum Gasteiger partial charge on any atom is 0.281 e. The number of fused-ring (bicyclic) bond motifs is 1. The minimum Gasteiger partial charge on any atom is -0.377 e. The lowest BCUT2D eigenvalue weighted by molar-refractivity contribution is 0.0980. The second kappa shape index (κ2) is 10.2. The van der Waals surface area contributed by atoms with Gasteiger partial charge in [0.15, 0.2) is 17.3 Å². The lowest BCUT2D eigenvalue weighted by Crippen LogP contribution is -2.23. The molecule has 4 rings (SSSR count). The summed E-state index contributed by atoms with van der Waals surface area (Å²) in [5, 5.41) is 3.74. The van der Waals surface area contributed by atoms with Crippen LogP contribution in [-0.2, 0) is 7.05 Å². The molecule has 11 heteroatoms. The third-order valence-electron chi connectivity index (χ3n) is 5.66. The lowest BCUT2D eigenvalue weighted by Gasteiger charge is -2.20. The van der Waals surface area contributed by atoms with Crippen molar-refractivity contribution in [1.82, 2.24) is 19.3 Å². The van der Waals surface area contributed by atoms with E-state index in [1.807, 2.05) is 19.9 Å². The third-order valence-corrected chi connectivity index (χ3v) is 6.26. The number of halogens is 3. The van der Waals surface area contributed by atoms with Crippen LogP contribution in [0.15, 0.2) is 47.3 Å². The fraction of sp³-hybridized carbons (Fsp3) is 0.200. The summed E-state index contributed by atoms with van der Waals surface area (Å²) in [5.74, 6) is -2.55. The Kier molecular flexibility index (Phi) is 7.28. The van der Waals surface area contributed by atoms with E-state index in [1.165, 1.54) is 23.7 Å². The number of nitrogens with one attached hydrogen (secondary N) is 2. The molecule has 2 heterocycles. The van der Waals surface area contributed by atoms with Gasteiger partial charge in [-0.05, 0) is 49.7 Å². The molecule has 1 amide bonds. The first-order valence-electron chi connectivity index (χ1n) is 10.8. The normalized spacial score (nSPS) is 12.0. The van der Waals surface area contributed by atoms with Crippen LogP contribution in [-0.4, -0.2) is 26.7 Å². The van der Waals surface area contributed by atoms with Crippen molar-refractivity contribution in [2.75, 3.05) is 11.6 Å². The van der Waals surface area contributed by atoms with Crippen LogP contribution in [0.4, 0.5) is 14.5 Å². The van der Waals surface area contributed by atoms with Crippen LogP contribution in [0, 0.1) is 18.6 Å². The zero-order valence-electron chi connectivity index (χ0n) is 19.8. The third kappa shape index (κ3) is 4.78. The molecule has 0 aliphatic heterocycles. The molecule has 36 heavy (non-hydrogen) atoms. The number of pyridine rings is 1. The smallest absolute Gasteiger partial charge is 0.281 e. The van der Waals surface area contributed by atoms with Gasteiger partial charge >= 0.3 is 0 Å². The number of anilines is 1. The highest BCUT2D eigenvalue weighted by Crippen LogP contribution is 2.30. The van der Waals surface area contributed by atoms with Crippen LogP contribution >= 0.6 is 23.5 Å². The molecule has 0 aliphatic carbocycles. The van der Waals surface area contributed by atoms with Crippen LogP contribution in [0.5, 0.6) is 0 Å². The summed E-state index contributed by atoms with van der Waals surface area (Å²) >= 11 is 7.14. The molecule has 2 aromatic carbocycles. The highest BCUT2D eigenvalue weighted by atomic mass is 35.5. The Labute approximate surface area is 215 Å². The van der Waals surface area contributed by atoms with Gasteiger partial charge in [0.2, 0.25) is 0 Å². The number of aryl methyl sites for hydroxylation is 1. The van der Waals surface area contributed by atoms with Gasteiger partial charge in [-0.25, -0.2) is 18.7 Å². The van der Waals surface area contributed by atoms with Crippen molar-refractivity contribution in [2.24, 2.45) is 7.05 Å². The quantitative estimate of drug-likeness (QED) is 0.256. The first-order valence-corrected chi connectivity index (χ1v) is 12.4. The minimum absolute atomic E-state index is 0.00463. The van der Waals surface area contributed by atoms with E-state index in [1.54, 1.807) is 24.5 Å². The van der Waals surface area contributed by atoms with E-state index >= 15 is 0 Å². The van der Waals surface area contributed by atoms with E-state index < -0.39 is 29.1 Å². The first-order chi connectivity index (χ1) is 17.1. The molecule has 186 valence electrons. The Bertz CT molecular complexity index is 1560. The number of carbonyl (C=O) groups excluding carboxylic acids is 1. The second-order valence-corrected chi connectivity index (χ2v) is 9.18.